The van der Waals surface area contributed by atoms with Gasteiger partial charge in [0.05, 0.1) is 17.6 Å². The lowest BCUT2D eigenvalue weighted by molar-refractivity contribution is -0.129. The van der Waals surface area contributed by atoms with Crippen molar-refractivity contribution in [2.75, 3.05) is 37.6 Å². The topological polar surface area (TPSA) is 78.2 Å². The highest BCUT2D eigenvalue weighted by Gasteiger charge is 2.20. The molecule has 25 heavy (non-hydrogen) atoms. The molecule has 6 nitrogen and oxygen atoms in total. The van der Waals surface area contributed by atoms with Crippen LogP contribution in [0.1, 0.15) is 0 Å². The van der Waals surface area contributed by atoms with Gasteiger partial charge in [-0.05, 0) is 24.3 Å². The van der Waals surface area contributed by atoms with E-state index in [2.05, 4.69) is 39.1 Å². The summed E-state index contributed by atoms with van der Waals surface area (Å²) in [5.41, 5.74) is 9.67. The summed E-state index contributed by atoms with van der Waals surface area (Å²) in [6.07, 6.45) is 0. The number of piperazine rings is 1. The number of anilines is 1. The zero-order valence-electron chi connectivity index (χ0n) is 14.0. The number of carbonyl (C=O) groups is 1. The van der Waals surface area contributed by atoms with Crippen LogP contribution in [0.25, 0.3) is 22.4 Å². The number of nitrogens with one attached hydrogen (secondary N) is 1. The van der Waals surface area contributed by atoms with E-state index in [4.69, 9.17) is 5.73 Å². The van der Waals surface area contributed by atoms with Gasteiger partial charge in [-0.15, -0.1) is 0 Å². The molecule has 1 saturated heterocycles. The van der Waals surface area contributed by atoms with Crippen molar-refractivity contribution in [1.82, 2.24) is 14.9 Å². The average molecular weight is 335 g/mol. The van der Waals surface area contributed by atoms with Gasteiger partial charge in [-0.25, -0.2) is 4.98 Å². The van der Waals surface area contributed by atoms with E-state index in [1.54, 1.807) is 0 Å². The highest BCUT2D eigenvalue weighted by molar-refractivity contribution is 5.80. The molecule has 1 amide bonds. The Morgan fingerprint density at radius 2 is 1.88 bits per heavy atom. The van der Waals surface area contributed by atoms with Crippen molar-refractivity contribution >= 4 is 22.6 Å². The summed E-state index contributed by atoms with van der Waals surface area (Å²) in [6, 6.07) is 16.4. The van der Waals surface area contributed by atoms with Gasteiger partial charge in [0.2, 0.25) is 5.91 Å². The van der Waals surface area contributed by atoms with Crippen LogP contribution in [0.5, 0.6) is 0 Å². The number of hydrogen-bond donors (Lipinski definition) is 2. The van der Waals surface area contributed by atoms with E-state index in [1.165, 1.54) is 0 Å². The number of hydrogen-bond acceptors (Lipinski definition) is 4. The van der Waals surface area contributed by atoms with Gasteiger partial charge in [-0.3, -0.25) is 4.79 Å². The largest absolute Gasteiger partial charge is 0.368 e. The number of nitrogens with two attached hydrogens (primary N) is 1. The number of fused-ring (bicyclic) bond motifs is 1. The fraction of sp³-hybridized carbons (Fsp3) is 0.263. The van der Waals surface area contributed by atoms with E-state index in [0.29, 0.717) is 13.1 Å². The molecule has 1 aliphatic heterocycles. The minimum absolute atomic E-state index is 0.0238. The van der Waals surface area contributed by atoms with Crippen LogP contribution in [-0.2, 0) is 4.79 Å². The maximum absolute atomic E-state index is 11.7. The average Bonchev–Trinajstić information content (AvgIpc) is 3.12. The quantitative estimate of drug-likeness (QED) is 0.765. The Labute approximate surface area is 146 Å². The van der Waals surface area contributed by atoms with Crippen molar-refractivity contribution in [3.63, 3.8) is 0 Å². The van der Waals surface area contributed by atoms with E-state index in [0.717, 1.165) is 41.2 Å². The molecule has 0 saturated carbocycles. The van der Waals surface area contributed by atoms with Gasteiger partial charge in [0, 0.05) is 37.4 Å². The Balaban J connectivity index is 1.55. The van der Waals surface area contributed by atoms with Crippen LogP contribution in [0.4, 0.5) is 5.69 Å². The van der Waals surface area contributed by atoms with Crippen LogP contribution < -0.4 is 10.6 Å². The molecular formula is C19H21N5O. The Morgan fingerprint density at radius 3 is 2.64 bits per heavy atom. The molecule has 3 N–H and O–H groups in total. The molecule has 0 aliphatic carbocycles. The van der Waals surface area contributed by atoms with Crippen LogP contribution in [-0.4, -0.2) is 53.5 Å². The molecule has 128 valence electrons. The number of rotatable bonds is 3. The Kier molecular flexibility index (Phi) is 4.11. The Hall–Kier alpha value is -2.86. The van der Waals surface area contributed by atoms with Crippen molar-refractivity contribution in [1.29, 1.82) is 0 Å². The molecular weight excluding hydrogens is 314 g/mol. The summed E-state index contributed by atoms with van der Waals surface area (Å²) >= 11 is 0. The van der Waals surface area contributed by atoms with Crippen LogP contribution in [0.15, 0.2) is 48.5 Å². The van der Waals surface area contributed by atoms with Crippen LogP contribution >= 0.6 is 0 Å². The predicted octanol–water partition coefficient (Wildman–Crippen LogP) is 1.84. The summed E-state index contributed by atoms with van der Waals surface area (Å²) in [6.45, 7) is 3.14. The fourth-order valence-corrected chi connectivity index (χ4v) is 3.28. The first-order chi connectivity index (χ1) is 12.2. The normalized spacial score (nSPS) is 14.9. The lowest BCUT2D eigenvalue weighted by Gasteiger charge is -2.36. The van der Waals surface area contributed by atoms with Crippen LogP contribution in [0.3, 0.4) is 0 Å². The third-order valence-electron chi connectivity index (χ3n) is 4.68. The van der Waals surface area contributed by atoms with Crippen molar-refractivity contribution in [3.05, 3.63) is 48.5 Å². The van der Waals surface area contributed by atoms with Crippen molar-refractivity contribution in [2.45, 2.75) is 0 Å². The maximum Gasteiger partial charge on any atom is 0.236 e. The highest BCUT2D eigenvalue weighted by Crippen LogP contribution is 2.25. The van der Waals surface area contributed by atoms with Crippen molar-refractivity contribution < 1.29 is 4.79 Å². The number of aromatic nitrogens is 2. The number of nitrogens with zero attached hydrogens (tertiary/aromatic N) is 3. The number of para-hydroxylation sites is 2. The van der Waals surface area contributed by atoms with Crippen LogP contribution in [0.2, 0.25) is 0 Å². The summed E-state index contributed by atoms with van der Waals surface area (Å²) in [4.78, 5) is 23.9. The van der Waals surface area contributed by atoms with Crippen LogP contribution in [0, 0.1) is 0 Å². The molecule has 0 unspecified atom stereocenters. The van der Waals surface area contributed by atoms with Gasteiger partial charge < -0.3 is 20.5 Å². The number of benzene rings is 2. The van der Waals surface area contributed by atoms with E-state index < -0.39 is 0 Å². The molecule has 2 heterocycles. The molecule has 4 rings (SSSR count). The molecule has 2 aromatic carbocycles. The third kappa shape index (κ3) is 3.08. The molecule has 1 aliphatic rings. The van der Waals surface area contributed by atoms with E-state index in [9.17, 15) is 4.79 Å². The summed E-state index contributed by atoms with van der Waals surface area (Å²) in [7, 11) is 0. The van der Waals surface area contributed by atoms with E-state index in [-0.39, 0.29) is 12.5 Å². The molecule has 1 fully saturated rings. The zero-order valence-corrected chi connectivity index (χ0v) is 14.0. The second-order valence-electron chi connectivity index (χ2n) is 6.22. The summed E-state index contributed by atoms with van der Waals surface area (Å²) in [5, 5.41) is 0. The minimum atomic E-state index is 0.0238. The van der Waals surface area contributed by atoms with Gasteiger partial charge in [0.25, 0.3) is 0 Å². The van der Waals surface area contributed by atoms with E-state index >= 15 is 0 Å². The molecule has 0 bridgehead atoms. The SMILES string of the molecule is NCC(=O)N1CCN(c2cccc(-c3nc4ccccc4[nH]3)c2)CC1. The first-order valence-corrected chi connectivity index (χ1v) is 8.52. The molecule has 1 aromatic heterocycles. The number of H-pyrrole nitrogens is 1. The second kappa shape index (κ2) is 6.57. The van der Waals surface area contributed by atoms with Crippen molar-refractivity contribution in [3.8, 4) is 11.4 Å². The minimum Gasteiger partial charge on any atom is -0.368 e. The lowest BCUT2D eigenvalue weighted by atomic mass is 10.1. The van der Waals surface area contributed by atoms with Crippen molar-refractivity contribution in [2.24, 2.45) is 5.73 Å². The second-order valence-corrected chi connectivity index (χ2v) is 6.22. The number of imidazole rings is 1. The molecule has 6 heteroatoms. The Bertz CT molecular complexity index is 862. The third-order valence-corrected chi connectivity index (χ3v) is 4.68. The highest BCUT2D eigenvalue weighted by atomic mass is 16.2. The number of amides is 1. The maximum atomic E-state index is 11.7. The zero-order chi connectivity index (χ0) is 17.2. The Morgan fingerprint density at radius 1 is 1.08 bits per heavy atom. The van der Waals surface area contributed by atoms with E-state index in [1.807, 2.05) is 29.2 Å². The predicted molar refractivity (Wildman–Crippen MR) is 99.4 cm³/mol. The lowest BCUT2D eigenvalue weighted by Crippen LogP contribution is -2.50. The van der Waals surface area contributed by atoms with Gasteiger partial charge in [-0.2, -0.15) is 0 Å². The van der Waals surface area contributed by atoms with Gasteiger partial charge in [-0.1, -0.05) is 24.3 Å². The number of aromatic amines is 1. The monoisotopic (exact) mass is 335 g/mol. The fourth-order valence-electron chi connectivity index (χ4n) is 3.28. The smallest absolute Gasteiger partial charge is 0.236 e. The molecule has 0 spiro atoms. The van der Waals surface area contributed by atoms with Gasteiger partial charge in [0.1, 0.15) is 5.82 Å². The first-order valence-electron chi connectivity index (χ1n) is 8.52. The summed E-state index contributed by atoms with van der Waals surface area (Å²) < 4.78 is 0. The van der Waals surface area contributed by atoms with Gasteiger partial charge >= 0.3 is 0 Å². The standard InChI is InChI=1S/C19H21N5O/c20-13-18(25)24-10-8-23(9-11-24)15-5-3-4-14(12-15)19-21-16-6-1-2-7-17(16)22-19/h1-7,12H,8-11,13,20H2,(H,21,22). The number of carbonyl (C=O) groups excluding carboxylic acids is 1. The molecule has 3 aromatic rings. The molecule has 0 radical (unpaired) electrons. The van der Waals surface area contributed by atoms with Gasteiger partial charge in [0.15, 0.2) is 0 Å². The first kappa shape index (κ1) is 15.7. The molecule has 0 atom stereocenters. The summed E-state index contributed by atoms with van der Waals surface area (Å²) in [5.74, 6) is 0.899.